The Morgan fingerprint density at radius 3 is 2.36 bits per heavy atom. The highest BCUT2D eigenvalue weighted by molar-refractivity contribution is 9.12. The molecule has 0 aliphatic heterocycles. The van der Waals surface area contributed by atoms with E-state index in [9.17, 15) is 9.59 Å². The number of carbonyl (C=O) groups excluding carboxylic acids is 2. The van der Waals surface area contributed by atoms with E-state index in [0.717, 1.165) is 6.08 Å². The third-order valence-electron chi connectivity index (χ3n) is 1.11. The van der Waals surface area contributed by atoms with Crippen molar-refractivity contribution in [2.45, 2.75) is 0 Å². The molecule has 58 valence electrons. The van der Waals surface area contributed by atoms with Gasteiger partial charge in [-0.1, -0.05) is 0 Å². The van der Waals surface area contributed by atoms with Crippen LogP contribution in [0, 0.1) is 0 Å². The lowest BCUT2D eigenvalue weighted by atomic mass is 10.1. The van der Waals surface area contributed by atoms with Crippen molar-refractivity contribution >= 4 is 43.4 Å². The van der Waals surface area contributed by atoms with Gasteiger partial charge in [-0.15, -0.1) is 0 Å². The summed E-state index contributed by atoms with van der Waals surface area (Å²) >= 11 is 5.62. The lowest BCUT2D eigenvalue weighted by Gasteiger charge is -2.05. The van der Waals surface area contributed by atoms with Crippen molar-refractivity contribution in [2.24, 2.45) is 0 Å². The third kappa shape index (κ3) is 1.44. The fraction of sp³-hybridized carbons (Fsp3) is 0. The maximum Gasteiger partial charge on any atom is 0.235 e. The summed E-state index contributed by atoms with van der Waals surface area (Å²) in [5.74, 6) is -1.56. The number of rotatable bonds is 0. The van der Waals surface area contributed by atoms with Crippen LogP contribution in [0.2, 0.25) is 0 Å². The molecule has 1 N–H and O–H groups in total. The van der Waals surface area contributed by atoms with E-state index < -0.39 is 17.3 Å². The minimum absolute atomic E-state index is 0.0724. The van der Waals surface area contributed by atoms with Gasteiger partial charge in [0, 0.05) is 6.08 Å². The van der Waals surface area contributed by atoms with E-state index in [1.54, 1.807) is 0 Å². The molecule has 0 aromatic rings. The molecule has 0 saturated heterocycles. The first-order valence-corrected chi connectivity index (χ1v) is 4.17. The zero-order valence-corrected chi connectivity index (χ0v) is 8.27. The molecule has 0 fully saturated rings. The molecule has 0 amide bonds. The number of ketones is 2. The third-order valence-corrected chi connectivity index (χ3v) is 2.47. The van der Waals surface area contributed by atoms with Crippen molar-refractivity contribution in [3.63, 3.8) is 0 Å². The first-order chi connectivity index (χ1) is 5.04. The Morgan fingerprint density at radius 2 is 1.82 bits per heavy atom. The Morgan fingerprint density at radius 1 is 1.27 bits per heavy atom. The van der Waals surface area contributed by atoms with Gasteiger partial charge < -0.3 is 5.11 Å². The number of carbonyl (C=O) groups is 2. The smallest absolute Gasteiger partial charge is 0.235 e. The van der Waals surface area contributed by atoms with Crippen molar-refractivity contribution in [2.75, 3.05) is 0 Å². The van der Waals surface area contributed by atoms with Gasteiger partial charge in [0.1, 0.15) is 4.48 Å². The molecule has 11 heavy (non-hydrogen) atoms. The van der Waals surface area contributed by atoms with Crippen LogP contribution < -0.4 is 0 Å². The van der Waals surface area contributed by atoms with Gasteiger partial charge in [-0.2, -0.15) is 0 Å². The molecule has 0 unspecified atom stereocenters. The Balaban J connectivity index is 3.19. The SMILES string of the molecule is O=C1C=C(Br)C(=O)C(O)=C1Br. The lowest BCUT2D eigenvalue weighted by Crippen LogP contribution is -2.13. The number of Topliss-reactive ketones (excluding diaryl/α,β-unsaturated/α-hetero) is 1. The highest BCUT2D eigenvalue weighted by Gasteiger charge is 2.24. The number of halogens is 2. The maximum atomic E-state index is 10.9. The topological polar surface area (TPSA) is 54.4 Å². The van der Waals surface area contributed by atoms with Crippen LogP contribution in [0.4, 0.5) is 0 Å². The molecule has 0 saturated carbocycles. The van der Waals surface area contributed by atoms with Crippen LogP contribution in [-0.4, -0.2) is 16.7 Å². The van der Waals surface area contributed by atoms with Gasteiger partial charge in [0.2, 0.25) is 5.78 Å². The van der Waals surface area contributed by atoms with Crippen molar-refractivity contribution < 1.29 is 14.7 Å². The Labute approximate surface area is 79.0 Å². The van der Waals surface area contributed by atoms with Gasteiger partial charge in [0.25, 0.3) is 0 Å². The number of hydrogen-bond donors (Lipinski definition) is 1. The first-order valence-electron chi connectivity index (χ1n) is 2.59. The van der Waals surface area contributed by atoms with Crippen LogP contribution in [0.25, 0.3) is 0 Å². The van der Waals surface area contributed by atoms with Crippen LogP contribution >= 0.6 is 31.9 Å². The zero-order chi connectivity index (χ0) is 8.59. The average molecular weight is 282 g/mol. The van der Waals surface area contributed by atoms with Crippen LogP contribution in [-0.2, 0) is 9.59 Å². The van der Waals surface area contributed by atoms with Crippen LogP contribution in [0.5, 0.6) is 0 Å². The van der Waals surface area contributed by atoms with Crippen molar-refractivity contribution in [3.8, 4) is 0 Å². The van der Waals surface area contributed by atoms with E-state index in [1.165, 1.54) is 0 Å². The van der Waals surface area contributed by atoms with Gasteiger partial charge in [-0.3, -0.25) is 9.59 Å². The largest absolute Gasteiger partial charge is 0.503 e. The number of hydrogen-bond acceptors (Lipinski definition) is 3. The Kier molecular flexibility index (Phi) is 2.29. The number of allylic oxidation sites excluding steroid dienone is 3. The molecule has 1 aliphatic carbocycles. The fourth-order valence-corrected chi connectivity index (χ4v) is 1.26. The van der Waals surface area contributed by atoms with E-state index >= 15 is 0 Å². The van der Waals surface area contributed by atoms with Crippen molar-refractivity contribution in [3.05, 3.63) is 20.8 Å². The van der Waals surface area contributed by atoms with Gasteiger partial charge in [-0.25, -0.2) is 0 Å². The Hall–Kier alpha value is -0.420. The van der Waals surface area contributed by atoms with E-state index in [0.29, 0.717) is 0 Å². The molecule has 0 spiro atoms. The summed E-state index contributed by atoms with van der Waals surface area (Å²) in [5, 5.41) is 8.98. The molecule has 0 radical (unpaired) electrons. The highest BCUT2D eigenvalue weighted by Crippen LogP contribution is 2.24. The standard InChI is InChI=1S/C6H2Br2O3/c7-2-1-3(9)4(8)6(11)5(2)10/h1,11H. The van der Waals surface area contributed by atoms with Gasteiger partial charge in [-0.05, 0) is 31.9 Å². The quantitative estimate of drug-likeness (QED) is 0.686. The molecular formula is C6H2Br2O3. The zero-order valence-electron chi connectivity index (χ0n) is 5.10. The molecule has 0 heterocycles. The Bertz CT molecular complexity index is 301. The summed E-state index contributed by atoms with van der Waals surface area (Å²) in [6, 6.07) is 0. The summed E-state index contributed by atoms with van der Waals surface area (Å²) in [5.41, 5.74) is 0. The normalized spacial score (nSPS) is 18.9. The van der Waals surface area contributed by atoms with Crippen LogP contribution in [0.3, 0.4) is 0 Å². The van der Waals surface area contributed by atoms with E-state index in [-0.39, 0.29) is 8.96 Å². The second-order valence-electron chi connectivity index (χ2n) is 1.85. The summed E-state index contributed by atoms with van der Waals surface area (Å²) in [6.07, 6.45) is 1.10. The second-order valence-corrected chi connectivity index (χ2v) is 3.50. The predicted molar refractivity (Wildman–Crippen MR) is 45.6 cm³/mol. The molecule has 0 aromatic heterocycles. The molecule has 1 aliphatic rings. The van der Waals surface area contributed by atoms with E-state index in [2.05, 4.69) is 31.9 Å². The maximum absolute atomic E-state index is 10.9. The molecule has 1 rings (SSSR count). The second kappa shape index (κ2) is 2.91. The van der Waals surface area contributed by atoms with Crippen molar-refractivity contribution in [1.29, 1.82) is 0 Å². The van der Waals surface area contributed by atoms with Gasteiger partial charge >= 0.3 is 0 Å². The van der Waals surface area contributed by atoms with Gasteiger partial charge in [0.05, 0.1) is 4.48 Å². The van der Waals surface area contributed by atoms with E-state index in [1.807, 2.05) is 0 Å². The molecule has 0 atom stereocenters. The molecule has 0 aromatic carbocycles. The van der Waals surface area contributed by atoms with Crippen LogP contribution in [0.15, 0.2) is 20.8 Å². The summed E-state index contributed by atoms with van der Waals surface area (Å²) in [4.78, 5) is 21.7. The minimum atomic E-state index is -0.587. The monoisotopic (exact) mass is 280 g/mol. The van der Waals surface area contributed by atoms with Gasteiger partial charge in [0.15, 0.2) is 11.5 Å². The van der Waals surface area contributed by atoms with Crippen LogP contribution in [0.1, 0.15) is 0 Å². The predicted octanol–water partition coefficient (Wildman–Crippen LogP) is 1.58. The summed E-state index contributed by atoms with van der Waals surface area (Å²) in [6.45, 7) is 0. The molecular weight excluding hydrogens is 280 g/mol. The fourth-order valence-electron chi connectivity index (χ4n) is 0.573. The lowest BCUT2D eigenvalue weighted by molar-refractivity contribution is -0.116. The molecule has 3 nitrogen and oxygen atoms in total. The average Bonchev–Trinajstić information content (AvgIpc) is 1.97. The first kappa shape index (κ1) is 8.67. The highest BCUT2D eigenvalue weighted by atomic mass is 79.9. The summed E-state index contributed by atoms with van der Waals surface area (Å²) in [7, 11) is 0. The van der Waals surface area contributed by atoms with Crippen molar-refractivity contribution in [1.82, 2.24) is 0 Å². The number of aliphatic hydroxyl groups is 1. The minimum Gasteiger partial charge on any atom is -0.503 e. The molecule has 5 heteroatoms. The van der Waals surface area contributed by atoms with E-state index in [4.69, 9.17) is 5.11 Å². The molecule has 0 bridgehead atoms. The summed E-state index contributed by atoms with van der Waals surface area (Å²) < 4.78 is -0.0195. The number of aliphatic hydroxyl groups excluding tert-OH is 1.